The first kappa shape index (κ1) is 20.1. The molecule has 2 aromatic rings. The standard InChI is InChI=1S/C20H23NO6/c1-13(2)27-18-10-15(25-3)7-8-17(18)20(24)21-11-14-5-4-6-16(9-14)26-12-19(22)23/h4-10,13H,11-12H2,1-3H3,(H,21,24)(H,22,23). The number of nitrogens with one attached hydrogen (secondary N) is 1. The zero-order valence-electron chi connectivity index (χ0n) is 15.5. The van der Waals surface area contributed by atoms with E-state index in [0.717, 1.165) is 5.56 Å². The first-order chi connectivity index (χ1) is 12.9. The van der Waals surface area contributed by atoms with Crippen molar-refractivity contribution in [1.29, 1.82) is 0 Å². The maximum atomic E-state index is 12.6. The molecule has 0 aromatic heterocycles. The number of rotatable bonds is 9. The number of benzene rings is 2. The zero-order chi connectivity index (χ0) is 19.8. The number of carbonyl (C=O) groups is 2. The molecule has 0 saturated heterocycles. The van der Waals surface area contributed by atoms with Gasteiger partial charge in [-0.25, -0.2) is 4.79 Å². The van der Waals surface area contributed by atoms with E-state index in [4.69, 9.17) is 19.3 Å². The van der Waals surface area contributed by atoms with E-state index in [9.17, 15) is 9.59 Å². The maximum Gasteiger partial charge on any atom is 0.341 e. The molecule has 0 unspecified atom stereocenters. The first-order valence-electron chi connectivity index (χ1n) is 8.45. The van der Waals surface area contributed by atoms with Gasteiger partial charge in [0.15, 0.2) is 6.61 Å². The highest BCUT2D eigenvalue weighted by Crippen LogP contribution is 2.26. The van der Waals surface area contributed by atoms with Crippen molar-refractivity contribution in [3.8, 4) is 17.2 Å². The summed E-state index contributed by atoms with van der Waals surface area (Å²) in [5.74, 6) is 0.138. The van der Waals surface area contributed by atoms with Gasteiger partial charge in [0.25, 0.3) is 5.91 Å². The molecule has 0 radical (unpaired) electrons. The molecule has 0 saturated carbocycles. The molecule has 0 aliphatic heterocycles. The highest BCUT2D eigenvalue weighted by Gasteiger charge is 2.15. The van der Waals surface area contributed by atoms with Crippen LogP contribution in [0, 0.1) is 0 Å². The van der Waals surface area contributed by atoms with Crippen LogP contribution in [0.3, 0.4) is 0 Å². The van der Waals surface area contributed by atoms with Crippen LogP contribution in [0.2, 0.25) is 0 Å². The monoisotopic (exact) mass is 373 g/mol. The van der Waals surface area contributed by atoms with Crippen molar-refractivity contribution in [2.75, 3.05) is 13.7 Å². The van der Waals surface area contributed by atoms with Crippen LogP contribution < -0.4 is 19.5 Å². The number of methoxy groups -OCH3 is 1. The lowest BCUT2D eigenvalue weighted by Gasteiger charge is -2.15. The summed E-state index contributed by atoms with van der Waals surface area (Å²) in [6, 6.07) is 11.9. The molecular weight excluding hydrogens is 350 g/mol. The van der Waals surface area contributed by atoms with E-state index in [1.165, 1.54) is 0 Å². The fourth-order valence-electron chi connectivity index (χ4n) is 2.34. The van der Waals surface area contributed by atoms with Crippen LogP contribution in [0.25, 0.3) is 0 Å². The number of carboxylic acids is 1. The number of carboxylic acid groups (broad SMARTS) is 1. The van der Waals surface area contributed by atoms with Crippen molar-refractivity contribution in [3.05, 3.63) is 53.6 Å². The number of hydrogen-bond donors (Lipinski definition) is 2. The predicted octanol–water partition coefficient (Wildman–Crippen LogP) is 2.88. The van der Waals surface area contributed by atoms with Gasteiger partial charge in [0.2, 0.25) is 0 Å². The Balaban J connectivity index is 2.07. The number of hydrogen-bond acceptors (Lipinski definition) is 5. The topological polar surface area (TPSA) is 94.1 Å². The third-order valence-electron chi connectivity index (χ3n) is 3.51. The number of carbonyl (C=O) groups excluding carboxylic acids is 1. The molecule has 2 N–H and O–H groups in total. The summed E-state index contributed by atoms with van der Waals surface area (Å²) in [7, 11) is 1.55. The van der Waals surface area contributed by atoms with Gasteiger partial charge in [-0.2, -0.15) is 0 Å². The van der Waals surface area contributed by atoms with E-state index in [1.807, 2.05) is 19.9 Å². The van der Waals surface area contributed by atoms with Crippen molar-refractivity contribution in [3.63, 3.8) is 0 Å². The van der Waals surface area contributed by atoms with Crippen LogP contribution in [0.5, 0.6) is 17.2 Å². The normalized spacial score (nSPS) is 10.4. The molecule has 27 heavy (non-hydrogen) atoms. The van der Waals surface area contributed by atoms with E-state index in [1.54, 1.807) is 43.5 Å². The van der Waals surface area contributed by atoms with Gasteiger partial charge in [0, 0.05) is 12.6 Å². The van der Waals surface area contributed by atoms with E-state index < -0.39 is 12.6 Å². The van der Waals surface area contributed by atoms with Crippen molar-refractivity contribution in [2.24, 2.45) is 0 Å². The summed E-state index contributed by atoms with van der Waals surface area (Å²) in [4.78, 5) is 23.2. The van der Waals surface area contributed by atoms with E-state index in [2.05, 4.69) is 5.32 Å². The van der Waals surface area contributed by atoms with Gasteiger partial charge < -0.3 is 24.6 Å². The Kier molecular flexibility index (Phi) is 7.05. The van der Waals surface area contributed by atoms with Gasteiger partial charge in [-0.05, 0) is 43.7 Å². The molecule has 0 aliphatic rings. The fourth-order valence-corrected chi connectivity index (χ4v) is 2.34. The Morgan fingerprint density at radius 2 is 1.89 bits per heavy atom. The largest absolute Gasteiger partial charge is 0.497 e. The molecule has 144 valence electrons. The van der Waals surface area contributed by atoms with Gasteiger partial charge in [-0.3, -0.25) is 4.79 Å². The summed E-state index contributed by atoms with van der Waals surface area (Å²) in [6.45, 7) is 3.60. The summed E-state index contributed by atoms with van der Waals surface area (Å²) in [5, 5.41) is 11.5. The van der Waals surface area contributed by atoms with Crippen LogP contribution in [-0.4, -0.2) is 36.8 Å². The minimum atomic E-state index is -1.05. The average molecular weight is 373 g/mol. The summed E-state index contributed by atoms with van der Waals surface area (Å²) in [5.41, 5.74) is 1.19. The Morgan fingerprint density at radius 3 is 2.56 bits per heavy atom. The first-order valence-corrected chi connectivity index (χ1v) is 8.45. The molecule has 0 aliphatic carbocycles. The van der Waals surface area contributed by atoms with Crippen LogP contribution in [0.4, 0.5) is 0 Å². The molecule has 2 rings (SSSR count). The molecular formula is C20H23NO6. The van der Waals surface area contributed by atoms with Crippen LogP contribution >= 0.6 is 0 Å². The van der Waals surface area contributed by atoms with Gasteiger partial charge in [0.1, 0.15) is 17.2 Å². The molecule has 0 spiro atoms. The van der Waals surface area contributed by atoms with Gasteiger partial charge >= 0.3 is 5.97 Å². The zero-order valence-corrected chi connectivity index (χ0v) is 15.5. The highest BCUT2D eigenvalue weighted by molar-refractivity contribution is 5.97. The van der Waals surface area contributed by atoms with Crippen molar-refractivity contribution in [2.45, 2.75) is 26.5 Å². The average Bonchev–Trinajstić information content (AvgIpc) is 2.64. The van der Waals surface area contributed by atoms with Crippen molar-refractivity contribution >= 4 is 11.9 Å². The molecule has 7 nitrogen and oxygen atoms in total. The summed E-state index contributed by atoms with van der Waals surface area (Å²) < 4.78 is 16.0. The van der Waals surface area contributed by atoms with Gasteiger partial charge in [-0.1, -0.05) is 12.1 Å². The third-order valence-corrected chi connectivity index (χ3v) is 3.51. The van der Waals surface area contributed by atoms with Crippen molar-refractivity contribution in [1.82, 2.24) is 5.32 Å². The lowest BCUT2D eigenvalue weighted by molar-refractivity contribution is -0.139. The minimum Gasteiger partial charge on any atom is -0.497 e. The number of amides is 1. The molecule has 7 heteroatoms. The summed E-state index contributed by atoms with van der Waals surface area (Å²) >= 11 is 0. The van der Waals surface area contributed by atoms with E-state index in [-0.39, 0.29) is 18.6 Å². The second-order valence-corrected chi connectivity index (χ2v) is 6.04. The van der Waals surface area contributed by atoms with Crippen LogP contribution in [0.1, 0.15) is 29.8 Å². The Hall–Kier alpha value is -3.22. The van der Waals surface area contributed by atoms with Gasteiger partial charge in [0.05, 0.1) is 18.8 Å². The molecule has 2 aromatic carbocycles. The molecule has 0 fully saturated rings. The minimum absolute atomic E-state index is 0.0910. The smallest absolute Gasteiger partial charge is 0.341 e. The molecule has 0 bridgehead atoms. The number of aliphatic carboxylic acids is 1. The summed E-state index contributed by atoms with van der Waals surface area (Å²) in [6.07, 6.45) is -0.0910. The van der Waals surface area contributed by atoms with Crippen molar-refractivity contribution < 1.29 is 28.9 Å². The predicted molar refractivity (Wildman–Crippen MR) is 99.5 cm³/mol. The second-order valence-electron chi connectivity index (χ2n) is 6.04. The Labute approximate surface area is 157 Å². The van der Waals surface area contributed by atoms with Crippen LogP contribution in [0.15, 0.2) is 42.5 Å². The van der Waals surface area contributed by atoms with E-state index in [0.29, 0.717) is 22.8 Å². The molecule has 1 amide bonds. The second kappa shape index (κ2) is 9.47. The lowest BCUT2D eigenvalue weighted by atomic mass is 10.1. The fraction of sp³-hybridized carbons (Fsp3) is 0.300. The maximum absolute atomic E-state index is 12.6. The lowest BCUT2D eigenvalue weighted by Crippen LogP contribution is -2.24. The molecule has 0 atom stereocenters. The van der Waals surface area contributed by atoms with Gasteiger partial charge in [-0.15, -0.1) is 0 Å². The van der Waals surface area contributed by atoms with E-state index >= 15 is 0 Å². The third kappa shape index (κ3) is 6.22. The van der Waals surface area contributed by atoms with Crippen LogP contribution in [-0.2, 0) is 11.3 Å². The number of ether oxygens (including phenoxy) is 3. The Morgan fingerprint density at radius 1 is 1.11 bits per heavy atom. The molecule has 0 heterocycles. The quantitative estimate of drug-likeness (QED) is 0.702. The SMILES string of the molecule is COc1ccc(C(=O)NCc2cccc(OCC(=O)O)c2)c(OC(C)C)c1. The Bertz CT molecular complexity index is 803. The highest BCUT2D eigenvalue weighted by atomic mass is 16.5.